The lowest BCUT2D eigenvalue weighted by Gasteiger charge is -2.10. The van der Waals surface area contributed by atoms with Crippen molar-refractivity contribution in [3.05, 3.63) is 83.6 Å². The summed E-state index contributed by atoms with van der Waals surface area (Å²) in [6.45, 7) is 2.41. The van der Waals surface area contributed by atoms with Crippen LogP contribution in [0.25, 0.3) is 0 Å². The highest BCUT2D eigenvalue weighted by Crippen LogP contribution is 2.19. The molecule has 0 aliphatic rings. The maximum Gasteiger partial charge on any atom is 0.271 e. The second-order valence-corrected chi connectivity index (χ2v) is 6.02. The number of aryl methyl sites for hydroxylation is 1. The van der Waals surface area contributed by atoms with Crippen LogP contribution in [0.1, 0.15) is 28.5 Å². The molecule has 3 aromatic rings. The van der Waals surface area contributed by atoms with E-state index in [2.05, 4.69) is 27.5 Å². The van der Waals surface area contributed by atoms with Gasteiger partial charge in [-0.15, -0.1) is 0 Å². The van der Waals surface area contributed by atoms with E-state index in [4.69, 9.17) is 0 Å². The van der Waals surface area contributed by atoms with Crippen LogP contribution < -0.4 is 10.6 Å². The van der Waals surface area contributed by atoms with Gasteiger partial charge in [0, 0.05) is 12.2 Å². The van der Waals surface area contributed by atoms with Crippen LogP contribution in [-0.2, 0) is 12.8 Å². The summed E-state index contributed by atoms with van der Waals surface area (Å²) >= 11 is 0. The Kier molecular flexibility index (Phi) is 6.10. The highest BCUT2D eigenvalue weighted by Gasteiger charge is 2.09. The molecule has 0 saturated carbocycles. The SMILES string of the molecule is CCc1ccccc1Nc1cnc(C(=O)NCCc2ccccc2F)cn1. The average molecular weight is 364 g/mol. The van der Waals surface area contributed by atoms with Gasteiger partial charge in [0.25, 0.3) is 5.91 Å². The number of rotatable bonds is 7. The molecule has 1 heterocycles. The van der Waals surface area contributed by atoms with Crippen LogP contribution in [0, 0.1) is 5.82 Å². The maximum atomic E-state index is 13.6. The van der Waals surface area contributed by atoms with Crippen molar-refractivity contribution in [2.45, 2.75) is 19.8 Å². The quantitative estimate of drug-likeness (QED) is 0.667. The zero-order chi connectivity index (χ0) is 19.1. The van der Waals surface area contributed by atoms with E-state index in [0.29, 0.717) is 24.3 Å². The van der Waals surface area contributed by atoms with E-state index >= 15 is 0 Å². The van der Waals surface area contributed by atoms with Gasteiger partial charge in [0.2, 0.25) is 0 Å². The topological polar surface area (TPSA) is 66.9 Å². The van der Waals surface area contributed by atoms with Crippen LogP contribution in [0.5, 0.6) is 0 Å². The van der Waals surface area contributed by atoms with Gasteiger partial charge >= 0.3 is 0 Å². The zero-order valence-electron chi connectivity index (χ0n) is 15.1. The van der Waals surface area contributed by atoms with Crippen molar-refractivity contribution >= 4 is 17.4 Å². The molecule has 1 amide bonds. The predicted molar refractivity (Wildman–Crippen MR) is 104 cm³/mol. The first kappa shape index (κ1) is 18.5. The monoisotopic (exact) mass is 364 g/mol. The molecule has 0 atom stereocenters. The molecule has 0 aliphatic heterocycles. The van der Waals surface area contributed by atoms with Gasteiger partial charge < -0.3 is 10.6 Å². The minimum Gasteiger partial charge on any atom is -0.350 e. The highest BCUT2D eigenvalue weighted by atomic mass is 19.1. The Balaban J connectivity index is 1.56. The van der Waals surface area contributed by atoms with E-state index in [-0.39, 0.29) is 17.4 Å². The van der Waals surface area contributed by atoms with Crippen LogP contribution in [0.15, 0.2) is 60.9 Å². The standard InChI is InChI=1S/C21H21FN4O/c1-2-15-7-4-6-10-18(15)26-20-14-24-19(13-25-20)21(27)23-12-11-16-8-3-5-9-17(16)22/h3-10,13-14H,2,11-12H2,1H3,(H,23,27)(H,25,26). The summed E-state index contributed by atoms with van der Waals surface area (Å²) in [5.74, 6) is -0.0347. The Bertz CT molecular complexity index is 912. The second kappa shape index (κ2) is 8.89. The number of amides is 1. The fourth-order valence-corrected chi connectivity index (χ4v) is 2.70. The fraction of sp³-hybridized carbons (Fsp3) is 0.190. The molecule has 0 aliphatic carbocycles. The minimum atomic E-state index is -0.334. The number of halogens is 1. The summed E-state index contributed by atoms with van der Waals surface area (Å²) < 4.78 is 13.6. The van der Waals surface area contributed by atoms with Crippen molar-refractivity contribution in [3.8, 4) is 0 Å². The Hall–Kier alpha value is -3.28. The van der Waals surface area contributed by atoms with Gasteiger partial charge in [-0.3, -0.25) is 4.79 Å². The molecule has 0 fully saturated rings. The highest BCUT2D eigenvalue weighted by molar-refractivity contribution is 5.92. The number of aromatic nitrogens is 2. The van der Waals surface area contributed by atoms with Crippen molar-refractivity contribution in [2.24, 2.45) is 0 Å². The molecule has 6 heteroatoms. The largest absolute Gasteiger partial charge is 0.350 e. The van der Waals surface area contributed by atoms with E-state index in [1.807, 2.05) is 24.3 Å². The molecule has 0 saturated heterocycles. The van der Waals surface area contributed by atoms with Crippen molar-refractivity contribution in [1.82, 2.24) is 15.3 Å². The number of hydrogen-bond acceptors (Lipinski definition) is 4. The number of nitrogens with one attached hydrogen (secondary N) is 2. The number of benzene rings is 2. The molecule has 27 heavy (non-hydrogen) atoms. The smallest absolute Gasteiger partial charge is 0.271 e. The van der Waals surface area contributed by atoms with E-state index in [1.165, 1.54) is 24.0 Å². The van der Waals surface area contributed by atoms with Crippen molar-refractivity contribution in [3.63, 3.8) is 0 Å². The van der Waals surface area contributed by atoms with E-state index in [0.717, 1.165) is 12.1 Å². The second-order valence-electron chi connectivity index (χ2n) is 6.02. The first-order valence-electron chi connectivity index (χ1n) is 8.86. The number of anilines is 2. The Labute approximate surface area is 157 Å². The Morgan fingerprint density at radius 2 is 1.74 bits per heavy atom. The molecule has 5 nitrogen and oxygen atoms in total. The number of hydrogen-bond donors (Lipinski definition) is 2. The van der Waals surface area contributed by atoms with Gasteiger partial charge in [0.1, 0.15) is 17.3 Å². The number of para-hydroxylation sites is 1. The van der Waals surface area contributed by atoms with Gasteiger partial charge in [-0.1, -0.05) is 43.3 Å². The van der Waals surface area contributed by atoms with Gasteiger partial charge in [-0.05, 0) is 36.1 Å². The Morgan fingerprint density at radius 3 is 2.44 bits per heavy atom. The van der Waals surface area contributed by atoms with E-state index in [1.54, 1.807) is 18.2 Å². The van der Waals surface area contributed by atoms with Crippen LogP contribution in [0.4, 0.5) is 15.9 Å². The van der Waals surface area contributed by atoms with Crippen molar-refractivity contribution < 1.29 is 9.18 Å². The molecule has 1 aromatic heterocycles. The summed E-state index contributed by atoms with van der Waals surface area (Å²) in [4.78, 5) is 20.6. The molecule has 0 unspecified atom stereocenters. The molecule has 0 spiro atoms. The third kappa shape index (κ3) is 4.88. The maximum absolute atomic E-state index is 13.6. The normalized spacial score (nSPS) is 10.4. The average Bonchev–Trinajstić information content (AvgIpc) is 2.70. The summed E-state index contributed by atoms with van der Waals surface area (Å²) in [6, 6.07) is 14.5. The summed E-state index contributed by atoms with van der Waals surface area (Å²) in [6.07, 6.45) is 4.27. The molecule has 2 N–H and O–H groups in total. The van der Waals surface area contributed by atoms with E-state index < -0.39 is 0 Å². The third-order valence-electron chi connectivity index (χ3n) is 4.18. The number of carbonyl (C=O) groups is 1. The minimum absolute atomic E-state index is 0.220. The van der Waals surface area contributed by atoms with E-state index in [9.17, 15) is 9.18 Å². The lowest BCUT2D eigenvalue weighted by atomic mass is 10.1. The van der Waals surface area contributed by atoms with Gasteiger partial charge in [0.05, 0.1) is 12.4 Å². The molecule has 2 aromatic carbocycles. The van der Waals surface area contributed by atoms with Crippen molar-refractivity contribution in [2.75, 3.05) is 11.9 Å². The fourth-order valence-electron chi connectivity index (χ4n) is 2.70. The number of nitrogens with zero attached hydrogens (tertiary/aromatic N) is 2. The van der Waals surface area contributed by atoms with Gasteiger partial charge in [0.15, 0.2) is 0 Å². The van der Waals surface area contributed by atoms with Crippen LogP contribution in [-0.4, -0.2) is 22.4 Å². The molecular weight excluding hydrogens is 343 g/mol. The first-order valence-corrected chi connectivity index (χ1v) is 8.86. The molecule has 138 valence electrons. The molecule has 0 radical (unpaired) electrons. The summed E-state index contributed by atoms with van der Waals surface area (Å²) in [7, 11) is 0. The zero-order valence-corrected chi connectivity index (χ0v) is 15.1. The predicted octanol–water partition coefficient (Wildman–Crippen LogP) is 3.89. The van der Waals surface area contributed by atoms with Crippen LogP contribution in [0.3, 0.4) is 0 Å². The van der Waals surface area contributed by atoms with Gasteiger partial charge in [-0.25, -0.2) is 14.4 Å². The first-order chi connectivity index (χ1) is 13.2. The molecule has 3 rings (SSSR count). The lowest BCUT2D eigenvalue weighted by molar-refractivity contribution is 0.0948. The van der Waals surface area contributed by atoms with Crippen LogP contribution >= 0.6 is 0 Å². The van der Waals surface area contributed by atoms with Crippen LogP contribution in [0.2, 0.25) is 0 Å². The number of carbonyl (C=O) groups excluding carboxylic acids is 1. The van der Waals surface area contributed by atoms with Crippen molar-refractivity contribution in [1.29, 1.82) is 0 Å². The molecular formula is C21H21FN4O. The third-order valence-corrected chi connectivity index (χ3v) is 4.18. The Morgan fingerprint density at radius 1 is 1.00 bits per heavy atom. The molecule has 0 bridgehead atoms. The van der Waals surface area contributed by atoms with Gasteiger partial charge in [-0.2, -0.15) is 0 Å². The summed E-state index contributed by atoms with van der Waals surface area (Å²) in [5, 5.41) is 5.95. The lowest BCUT2D eigenvalue weighted by Crippen LogP contribution is -2.26. The summed E-state index contributed by atoms with van der Waals surface area (Å²) in [5.41, 5.74) is 2.93.